The molecule has 0 saturated heterocycles. The Balaban J connectivity index is 2.58. The van der Waals surface area contributed by atoms with E-state index in [1.165, 1.54) is 6.20 Å². The summed E-state index contributed by atoms with van der Waals surface area (Å²) in [5, 5.41) is 15.8. The lowest BCUT2D eigenvalue weighted by molar-refractivity contribution is -0.497. The first kappa shape index (κ1) is 5.74. The molecule has 1 aromatic rings. The molecule has 0 aliphatic rings. The molecule has 0 saturated carbocycles. The van der Waals surface area contributed by atoms with Crippen molar-refractivity contribution in [1.29, 1.82) is 0 Å². The van der Waals surface area contributed by atoms with E-state index in [0.29, 0.717) is 5.69 Å². The van der Waals surface area contributed by atoms with Gasteiger partial charge in [-0.15, -0.1) is 0 Å². The van der Waals surface area contributed by atoms with E-state index in [9.17, 15) is 10.1 Å². The first-order valence-electron chi connectivity index (χ1n) is 2.39. The molecule has 0 spiro atoms. The highest BCUT2D eigenvalue weighted by molar-refractivity contribution is 4.94. The standard InChI is InChI=1S/C4H5N3O2/c8-7(9)3-4-1-2-5-6-4/h1-2H,3H2,(H,5,6). The highest BCUT2D eigenvalue weighted by Gasteiger charge is 1.99. The monoisotopic (exact) mass is 127 g/mol. The number of rotatable bonds is 2. The molecule has 0 aromatic carbocycles. The van der Waals surface area contributed by atoms with Crippen LogP contribution in [0.5, 0.6) is 0 Å². The molecular weight excluding hydrogens is 122 g/mol. The van der Waals surface area contributed by atoms with Crippen LogP contribution in [0, 0.1) is 10.1 Å². The lowest BCUT2D eigenvalue weighted by Gasteiger charge is -1.84. The normalized spacial score (nSPS) is 9.33. The van der Waals surface area contributed by atoms with Crippen LogP contribution in [0.2, 0.25) is 0 Å². The Hall–Kier alpha value is -1.39. The molecule has 9 heavy (non-hydrogen) atoms. The predicted octanol–water partition coefficient (Wildman–Crippen LogP) is 0.186. The van der Waals surface area contributed by atoms with E-state index in [0.717, 1.165) is 0 Å². The average molecular weight is 127 g/mol. The molecular formula is C4H5N3O2. The van der Waals surface area contributed by atoms with Crippen LogP contribution < -0.4 is 0 Å². The van der Waals surface area contributed by atoms with Gasteiger partial charge in [0.2, 0.25) is 6.54 Å². The molecule has 1 N–H and O–H groups in total. The summed E-state index contributed by atoms with van der Waals surface area (Å²) >= 11 is 0. The number of H-pyrrole nitrogens is 1. The van der Waals surface area contributed by atoms with Gasteiger partial charge in [-0.1, -0.05) is 0 Å². The molecule has 0 atom stereocenters. The van der Waals surface area contributed by atoms with Gasteiger partial charge >= 0.3 is 0 Å². The lowest BCUT2D eigenvalue weighted by atomic mass is 10.4. The van der Waals surface area contributed by atoms with Crippen LogP contribution in [0.1, 0.15) is 5.69 Å². The average Bonchev–Trinajstić information content (AvgIpc) is 2.15. The smallest absolute Gasteiger partial charge is 0.244 e. The van der Waals surface area contributed by atoms with Crippen molar-refractivity contribution in [1.82, 2.24) is 10.2 Å². The Bertz CT molecular complexity index is 194. The number of aromatic nitrogens is 2. The van der Waals surface area contributed by atoms with Crippen LogP contribution in [0.3, 0.4) is 0 Å². The number of nitro groups is 1. The van der Waals surface area contributed by atoms with Gasteiger partial charge in [0.15, 0.2) is 0 Å². The van der Waals surface area contributed by atoms with Crippen LogP contribution in [0.4, 0.5) is 0 Å². The third-order valence-electron chi connectivity index (χ3n) is 0.858. The molecule has 5 nitrogen and oxygen atoms in total. The number of nitrogens with one attached hydrogen (secondary N) is 1. The minimum Gasteiger partial charge on any atom is -0.276 e. The van der Waals surface area contributed by atoms with E-state index >= 15 is 0 Å². The van der Waals surface area contributed by atoms with Gasteiger partial charge in [0.1, 0.15) is 5.69 Å². The fourth-order valence-corrected chi connectivity index (χ4v) is 0.512. The van der Waals surface area contributed by atoms with Crippen LogP contribution in [0.25, 0.3) is 0 Å². The second-order valence-corrected chi connectivity index (χ2v) is 1.57. The second-order valence-electron chi connectivity index (χ2n) is 1.57. The highest BCUT2D eigenvalue weighted by atomic mass is 16.6. The zero-order valence-electron chi connectivity index (χ0n) is 4.57. The van der Waals surface area contributed by atoms with Gasteiger partial charge in [-0.2, -0.15) is 5.10 Å². The minimum absolute atomic E-state index is 0.181. The molecule has 0 radical (unpaired) electrons. The summed E-state index contributed by atoms with van der Waals surface area (Å²) in [6.45, 7) is -0.181. The zero-order chi connectivity index (χ0) is 6.69. The van der Waals surface area contributed by atoms with Crippen molar-refractivity contribution in [3.8, 4) is 0 Å². The molecule has 1 aromatic heterocycles. The van der Waals surface area contributed by atoms with Gasteiger partial charge in [-0.05, 0) is 6.07 Å². The largest absolute Gasteiger partial charge is 0.276 e. The van der Waals surface area contributed by atoms with Crippen LogP contribution >= 0.6 is 0 Å². The quantitative estimate of drug-likeness (QED) is 0.455. The Morgan fingerprint density at radius 3 is 3.11 bits per heavy atom. The minimum atomic E-state index is -0.409. The molecule has 5 heteroatoms. The summed E-state index contributed by atoms with van der Waals surface area (Å²) in [4.78, 5) is 9.42. The van der Waals surface area contributed by atoms with Crippen molar-refractivity contribution in [2.45, 2.75) is 6.54 Å². The second kappa shape index (κ2) is 2.25. The maximum absolute atomic E-state index is 9.82. The summed E-state index contributed by atoms with van der Waals surface area (Å²) in [7, 11) is 0. The molecule has 0 fully saturated rings. The first-order chi connectivity index (χ1) is 4.29. The maximum Gasteiger partial charge on any atom is 0.244 e. The van der Waals surface area contributed by atoms with Crippen molar-refractivity contribution < 1.29 is 4.92 Å². The summed E-state index contributed by atoms with van der Waals surface area (Å²) in [5.74, 6) is 0. The van der Waals surface area contributed by atoms with Crippen molar-refractivity contribution in [2.24, 2.45) is 0 Å². The predicted molar refractivity (Wildman–Crippen MR) is 29.3 cm³/mol. The van der Waals surface area contributed by atoms with Crippen LogP contribution in [-0.2, 0) is 6.54 Å². The Labute approximate surface area is 50.8 Å². The summed E-state index contributed by atoms with van der Waals surface area (Å²) < 4.78 is 0. The van der Waals surface area contributed by atoms with E-state index in [2.05, 4.69) is 10.2 Å². The third kappa shape index (κ3) is 1.52. The fraction of sp³-hybridized carbons (Fsp3) is 0.250. The SMILES string of the molecule is O=[N+]([O-])Cc1ccn[nH]1. The number of hydrogen-bond acceptors (Lipinski definition) is 3. The fourth-order valence-electron chi connectivity index (χ4n) is 0.512. The third-order valence-corrected chi connectivity index (χ3v) is 0.858. The van der Waals surface area contributed by atoms with E-state index in [-0.39, 0.29) is 6.54 Å². The van der Waals surface area contributed by atoms with Gasteiger partial charge in [-0.25, -0.2) is 0 Å². The number of hydrogen-bond donors (Lipinski definition) is 1. The van der Waals surface area contributed by atoms with Crippen molar-refractivity contribution in [3.05, 3.63) is 28.1 Å². The van der Waals surface area contributed by atoms with Crippen molar-refractivity contribution in [3.63, 3.8) is 0 Å². The van der Waals surface area contributed by atoms with Crippen LogP contribution in [0.15, 0.2) is 12.3 Å². The van der Waals surface area contributed by atoms with Gasteiger partial charge in [-0.3, -0.25) is 15.2 Å². The Kier molecular flexibility index (Phi) is 1.44. The zero-order valence-corrected chi connectivity index (χ0v) is 4.57. The van der Waals surface area contributed by atoms with Crippen molar-refractivity contribution in [2.75, 3.05) is 0 Å². The molecule has 0 amide bonds. The topological polar surface area (TPSA) is 71.8 Å². The van der Waals surface area contributed by atoms with Gasteiger partial charge in [0, 0.05) is 11.1 Å². The molecule has 0 aliphatic carbocycles. The molecule has 0 aliphatic heterocycles. The van der Waals surface area contributed by atoms with Gasteiger partial charge < -0.3 is 0 Å². The van der Waals surface area contributed by atoms with Gasteiger partial charge in [0.25, 0.3) is 0 Å². The highest BCUT2D eigenvalue weighted by Crippen LogP contribution is 1.91. The lowest BCUT2D eigenvalue weighted by Crippen LogP contribution is -1.97. The molecule has 1 heterocycles. The Morgan fingerprint density at radius 1 is 1.89 bits per heavy atom. The van der Waals surface area contributed by atoms with E-state index in [4.69, 9.17) is 0 Å². The number of aromatic amines is 1. The van der Waals surface area contributed by atoms with Gasteiger partial charge in [0.05, 0.1) is 0 Å². The number of nitrogens with zero attached hydrogens (tertiary/aromatic N) is 2. The Morgan fingerprint density at radius 2 is 2.67 bits per heavy atom. The molecule has 1 rings (SSSR count). The molecule has 48 valence electrons. The van der Waals surface area contributed by atoms with Crippen LogP contribution in [-0.4, -0.2) is 15.1 Å². The summed E-state index contributed by atoms with van der Waals surface area (Å²) in [5.41, 5.74) is 0.528. The first-order valence-corrected chi connectivity index (χ1v) is 2.39. The van der Waals surface area contributed by atoms with E-state index in [1.807, 2.05) is 0 Å². The summed E-state index contributed by atoms with van der Waals surface area (Å²) in [6.07, 6.45) is 1.48. The molecule has 0 unspecified atom stereocenters. The molecule has 0 bridgehead atoms. The summed E-state index contributed by atoms with van der Waals surface area (Å²) in [6, 6.07) is 1.57. The van der Waals surface area contributed by atoms with E-state index < -0.39 is 4.92 Å². The van der Waals surface area contributed by atoms with E-state index in [1.54, 1.807) is 6.07 Å². The maximum atomic E-state index is 9.82. The van der Waals surface area contributed by atoms with Crippen molar-refractivity contribution >= 4 is 0 Å².